The average Bonchev–Trinajstić information content (AvgIpc) is 2.03. The molecule has 0 heterocycles. The first-order valence-corrected chi connectivity index (χ1v) is 4.45. The second kappa shape index (κ2) is 3.99. The molecule has 0 aromatic heterocycles. The summed E-state index contributed by atoms with van der Waals surface area (Å²) < 4.78 is 0. The van der Waals surface area contributed by atoms with Crippen LogP contribution < -0.4 is 0 Å². The van der Waals surface area contributed by atoms with Crippen molar-refractivity contribution in [2.24, 2.45) is 0 Å². The van der Waals surface area contributed by atoms with Gasteiger partial charge in [0, 0.05) is 5.02 Å². The van der Waals surface area contributed by atoms with Crippen LogP contribution in [0.3, 0.4) is 0 Å². The van der Waals surface area contributed by atoms with Gasteiger partial charge in [-0.25, -0.2) is 0 Å². The maximum atomic E-state index is 6.00. The molecule has 0 N–H and O–H groups in total. The molecule has 0 saturated carbocycles. The minimum atomic E-state index is 0.0914. The van der Waals surface area contributed by atoms with Gasteiger partial charge in [0.05, 0.1) is 5.38 Å². The molecule has 1 aromatic carbocycles. The van der Waals surface area contributed by atoms with E-state index in [-0.39, 0.29) is 5.38 Å². The van der Waals surface area contributed by atoms with Crippen LogP contribution >= 0.6 is 23.2 Å². The van der Waals surface area contributed by atoms with Crippen molar-refractivity contribution in [3.8, 4) is 0 Å². The molecular weight excluding hydrogens is 179 g/mol. The van der Waals surface area contributed by atoms with Crippen LogP contribution in [0.1, 0.15) is 24.3 Å². The summed E-state index contributed by atoms with van der Waals surface area (Å²) in [6.45, 7) is 2.05. The number of rotatable bonds is 2. The molecule has 1 atom stereocenters. The molecule has 0 unspecified atom stereocenters. The number of alkyl halides is 1. The van der Waals surface area contributed by atoms with Crippen LogP contribution in [0.25, 0.3) is 0 Å². The van der Waals surface area contributed by atoms with E-state index in [9.17, 15) is 0 Å². The van der Waals surface area contributed by atoms with Crippen molar-refractivity contribution in [3.63, 3.8) is 0 Å². The molecule has 11 heavy (non-hydrogen) atoms. The summed E-state index contributed by atoms with van der Waals surface area (Å²) >= 11 is 11.8. The monoisotopic (exact) mass is 188 g/mol. The zero-order chi connectivity index (χ0) is 8.27. The van der Waals surface area contributed by atoms with Crippen LogP contribution in [0.2, 0.25) is 5.02 Å². The summed E-state index contributed by atoms with van der Waals surface area (Å²) in [6, 6.07) is 7.67. The Morgan fingerprint density at radius 2 is 2.18 bits per heavy atom. The SMILES string of the molecule is CC[C@@H](Cl)c1cccc(Cl)c1. The van der Waals surface area contributed by atoms with Crippen LogP contribution in [0, 0.1) is 0 Å². The van der Waals surface area contributed by atoms with Gasteiger partial charge in [0.25, 0.3) is 0 Å². The maximum absolute atomic E-state index is 6.00. The Kier molecular flexibility index (Phi) is 3.22. The van der Waals surface area contributed by atoms with Gasteiger partial charge in [0.15, 0.2) is 0 Å². The highest BCUT2D eigenvalue weighted by atomic mass is 35.5. The molecule has 1 aromatic rings. The summed E-state index contributed by atoms with van der Waals surface area (Å²) in [5.74, 6) is 0. The predicted molar refractivity (Wildman–Crippen MR) is 50.3 cm³/mol. The van der Waals surface area contributed by atoms with Gasteiger partial charge in [0.2, 0.25) is 0 Å². The molecule has 0 fully saturated rings. The normalized spacial score (nSPS) is 13.0. The molecule has 0 nitrogen and oxygen atoms in total. The molecule has 1 rings (SSSR count). The molecule has 0 aliphatic heterocycles. The Labute approximate surface area is 77.1 Å². The molecular formula is C9H10Cl2. The zero-order valence-electron chi connectivity index (χ0n) is 6.35. The Hall–Kier alpha value is -0.200. The van der Waals surface area contributed by atoms with Crippen LogP contribution in [-0.2, 0) is 0 Å². The Bertz CT molecular complexity index is 233. The third-order valence-electron chi connectivity index (χ3n) is 1.57. The number of hydrogen-bond donors (Lipinski definition) is 0. The minimum absolute atomic E-state index is 0.0914. The third kappa shape index (κ3) is 2.39. The van der Waals surface area contributed by atoms with E-state index in [4.69, 9.17) is 23.2 Å². The smallest absolute Gasteiger partial charge is 0.0583 e. The van der Waals surface area contributed by atoms with Gasteiger partial charge in [-0.05, 0) is 24.1 Å². The topological polar surface area (TPSA) is 0 Å². The second-order valence-electron chi connectivity index (χ2n) is 2.43. The lowest BCUT2D eigenvalue weighted by atomic mass is 10.1. The standard InChI is InChI=1S/C9H10Cl2/c1-2-9(11)7-4-3-5-8(10)6-7/h3-6,9H,2H2,1H3/t9-/m1/s1. The van der Waals surface area contributed by atoms with E-state index in [1.807, 2.05) is 24.3 Å². The van der Waals surface area contributed by atoms with Crippen molar-refractivity contribution in [1.82, 2.24) is 0 Å². The minimum Gasteiger partial charge on any atom is -0.118 e. The van der Waals surface area contributed by atoms with Crippen molar-refractivity contribution in [2.45, 2.75) is 18.7 Å². The van der Waals surface area contributed by atoms with Gasteiger partial charge in [-0.2, -0.15) is 0 Å². The summed E-state index contributed by atoms with van der Waals surface area (Å²) in [7, 11) is 0. The molecule has 0 saturated heterocycles. The lowest BCUT2D eigenvalue weighted by Crippen LogP contribution is -1.86. The van der Waals surface area contributed by atoms with E-state index >= 15 is 0 Å². The highest BCUT2D eigenvalue weighted by Gasteiger charge is 2.03. The molecule has 0 amide bonds. The molecule has 0 aliphatic rings. The molecule has 0 bridgehead atoms. The zero-order valence-corrected chi connectivity index (χ0v) is 7.86. The van der Waals surface area contributed by atoms with Crippen molar-refractivity contribution < 1.29 is 0 Å². The first-order chi connectivity index (χ1) is 5.24. The van der Waals surface area contributed by atoms with Gasteiger partial charge in [0.1, 0.15) is 0 Å². The van der Waals surface area contributed by atoms with Crippen molar-refractivity contribution >= 4 is 23.2 Å². The molecule has 60 valence electrons. The first-order valence-electron chi connectivity index (χ1n) is 3.63. The third-order valence-corrected chi connectivity index (χ3v) is 2.36. The van der Waals surface area contributed by atoms with Crippen LogP contribution in [0.4, 0.5) is 0 Å². The van der Waals surface area contributed by atoms with Gasteiger partial charge >= 0.3 is 0 Å². The van der Waals surface area contributed by atoms with Crippen LogP contribution in [0.15, 0.2) is 24.3 Å². The number of halogens is 2. The fourth-order valence-electron chi connectivity index (χ4n) is 0.937. The van der Waals surface area contributed by atoms with Crippen LogP contribution in [0.5, 0.6) is 0 Å². The first kappa shape index (κ1) is 8.89. The summed E-state index contributed by atoms with van der Waals surface area (Å²) in [5, 5.41) is 0.843. The Morgan fingerprint density at radius 1 is 1.45 bits per heavy atom. The summed E-state index contributed by atoms with van der Waals surface area (Å²) in [4.78, 5) is 0. The lowest BCUT2D eigenvalue weighted by Gasteiger charge is -2.05. The maximum Gasteiger partial charge on any atom is 0.0583 e. The van der Waals surface area contributed by atoms with Crippen molar-refractivity contribution in [1.29, 1.82) is 0 Å². The second-order valence-corrected chi connectivity index (χ2v) is 3.39. The van der Waals surface area contributed by atoms with Crippen molar-refractivity contribution in [2.75, 3.05) is 0 Å². The number of hydrogen-bond acceptors (Lipinski definition) is 0. The molecule has 0 spiro atoms. The van der Waals surface area contributed by atoms with Gasteiger partial charge in [-0.1, -0.05) is 30.7 Å². The number of benzene rings is 1. The molecule has 0 radical (unpaired) electrons. The van der Waals surface area contributed by atoms with Crippen molar-refractivity contribution in [3.05, 3.63) is 34.9 Å². The summed E-state index contributed by atoms with van der Waals surface area (Å²) in [6.07, 6.45) is 0.932. The molecule has 2 heteroatoms. The van der Waals surface area contributed by atoms with Crippen LogP contribution in [-0.4, -0.2) is 0 Å². The van der Waals surface area contributed by atoms with E-state index in [2.05, 4.69) is 6.92 Å². The average molecular weight is 189 g/mol. The Morgan fingerprint density at radius 3 is 2.73 bits per heavy atom. The van der Waals surface area contributed by atoms with E-state index in [1.165, 1.54) is 0 Å². The van der Waals surface area contributed by atoms with Gasteiger partial charge in [-0.15, -0.1) is 11.6 Å². The fraction of sp³-hybridized carbons (Fsp3) is 0.333. The predicted octanol–water partition coefficient (Wildman–Crippen LogP) is 4.03. The quantitative estimate of drug-likeness (QED) is 0.616. The van der Waals surface area contributed by atoms with Gasteiger partial charge in [-0.3, -0.25) is 0 Å². The van der Waals surface area contributed by atoms with E-state index < -0.39 is 0 Å². The molecule has 0 aliphatic carbocycles. The fourth-order valence-corrected chi connectivity index (χ4v) is 1.27. The highest BCUT2D eigenvalue weighted by Crippen LogP contribution is 2.25. The van der Waals surface area contributed by atoms with E-state index in [0.717, 1.165) is 17.0 Å². The van der Waals surface area contributed by atoms with Gasteiger partial charge < -0.3 is 0 Å². The van der Waals surface area contributed by atoms with E-state index in [0.29, 0.717) is 0 Å². The van der Waals surface area contributed by atoms with E-state index in [1.54, 1.807) is 0 Å². The Balaban J connectivity index is 2.86. The largest absolute Gasteiger partial charge is 0.118 e. The lowest BCUT2D eigenvalue weighted by molar-refractivity contribution is 0.884. The summed E-state index contributed by atoms with van der Waals surface area (Å²) in [5.41, 5.74) is 1.10. The highest BCUT2D eigenvalue weighted by molar-refractivity contribution is 6.30.